The largest absolute Gasteiger partial charge is 0.495 e. The molecule has 114 valence electrons. The molecule has 2 aromatic carbocycles. The molecule has 5 nitrogen and oxygen atoms in total. The molecule has 1 unspecified atom stereocenters. The van der Waals surface area contributed by atoms with Crippen LogP contribution in [-0.4, -0.2) is 15.5 Å². The third kappa shape index (κ3) is 3.65. The molecular formula is C15H13BrN2O3S. The van der Waals surface area contributed by atoms with Crippen LogP contribution in [0, 0.1) is 11.3 Å². The number of halogens is 1. The zero-order valence-electron chi connectivity index (χ0n) is 11.7. The van der Waals surface area contributed by atoms with Crippen LogP contribution in [0.5, 0.6) is 5.75 Å². The Morgan fingerprint density at radius 2 is 1.91 bits per heavy atom. The first-order chi connectivity index (χ1) is 10.5. The fourth-order valence-electron chi connectivity index (χ4n) is 1.89. The molecular weight excluding hydrogens is 368 g/mol. The van der Waals surface area contributed by atoms with Crippen LogP contribution in [0.1, 0.15) is 11.6 Å². The summed E-state index contributed by atoms with van der Waals surface area (Å²) in [6, 6.07) is 14.3. The third-order valence-electron chi connectivity index (χ3n) is 2.95. The minimum absolute atomic E-state index is 0.0273. The second-order valence-electron chi connectivity index (χ2n) is 4.39. The summed E-state index contributed by atoms with van der Waals surface area (Å²) in [5.41, 5.74) is 0.572. The highest BCUT2D eigenvalue weighted by Crippen LogP contribution is 2.28. The fourth-order valence-corrected chi connectivity index (χ4v) is 3.73. The van der Waals surface area contributed by atoms with Crippen LogP contribution in [0.3, 0.4) is 0 Å². The quantitative estimate of drug-likeness (QED) is 0.864. The van der Waals surface area contributed by atoms with Gasteiger partial charge in [0.1, 0.15) is 16.7 Å². The normalized spacial score (nSPS) is 12.4. The molecule has 0 saturated carbocycles. The summed E-state index contributed by atoms with van der Waals surface area (Å²) in [4.78, 5) is -0.0273. The number of methoxy groups -OCH3 is 1. The topological polar surface area (TPSA) is 79.2 Å². The van der Waals surface area contributed by atoms with E-state index < -0.39 is 16.1 Å². The number of ether oxygens (including phenoxy) is 1. The minimum atomic E-state index is -3.91. The van der Waals surface area contributed by atoms with Crippen molar-refractivity contribution in [3.63, 3.8) is 0 Å². The van der Waals surface area contributed by atoms with Crippen molar-refractivity contribution in [1.29, 1.82) is 5.26 Å². The number of nitrogens with one attached hydrogen (secondary N) is 1. The van der Waals surface area contributed by atoms with Gasteiger partial charge in [-0.05, 0) is 23.8 Å². The summed E-state index contributed by atoms with van der Waals surface area (Å²) in [6.45, 7) is 0. The van der Waals surface area contributed by atoms with E-state index >= 15 is 0 Å². The van der Waals surface area contributed by atoms with Crippen molar-refractivity contribution in [2.75, 3.05) is 7.11 Å². The highest BCUT2D eigenvalue weighted by atomic mass is 79.9. The van der Waals surface area contributed by atoms with Gasteiger partial charge in [0, 0.05) is 4.47 Å². The van der Waals surface area contributed by atoms with Gasteiger partial charge in [0.25, 0.3) is 0 Å². The van der Waals surface area contributed by atoms with Gasteiger partial charge < -0.3 is 4.74 Å². The average molecular weight is 381 g/mol. The molecule has 2 rings (SSSR count). The van der Waals surface area contributed by atoms with Crippen LogP contribution >= 0.6 is 15.9 Å². The van der Waals surface area contributed by atoms with Crippen LogP contribution in [-0.2, 0) is 10.0 Å². The Morgan fingerprint density at radius 3 is 2.50 bits per heavy atom. The van der Waals surface area contributed by atoms with Gasteiger partial charge in [-0.3, -0.25) is 0 Å². The Bertz CT molecular complexity index is 801. The fraction of sp³-hybridized carbons (Fsp3) is 0.133. The Hall–Kier alpha value is -1.88. The van der Waals surface area contributed by atoms with E-state index in [1.54, 1.807) is 42.5 Å². The molecule has 0 heterocycles. The number of nitrogens with zero attached hydrogens (tertiary/aromatic N) is 1. The van der Waals surface area contributed by atoms with E-state index in [2.05, 4.69) is 20.7 Å². The van der Waals surface area contributed by atoms with Crippen molar-refractivity contribution in [3.05, 3.63) is 58.6 Å². The summed E-state index contributed by atoms with van der Waals surface area (Å²) in [7, 11) is -2.52. The molecule has 1 atom stereocenters. The van der Waals surface area contributed by atoms with Gasteiger partial charge in [0.05, 0.1) is 13.2 Å². The van der Waals surface area contributed by atoms with Gasteiger partial charge in [0.15, 0.2) is 0 Å². The second-order valence-corrected chi connectivity index (χ2v) is 6.99. The lowest BCUT2D eigenvalue weighted by atomic mass is 10.1. The van der Waals surface area contributed by atoms with Crippen molar-refractivity contribution >= 4 is 26.0 Å². The standard InChI is InChI=1S/C15H13BrN2O3S/c1-21-14-8-7-12(16)9-15(14)22(19,20)18-13(10-17)11-5-3-2-4-6-11/h2-9,13,18H,1H3. The maximum absolute atomic E-state index is 12.5. The van der Waals surface area contributed by atoms with Gasteiger partial charge in [-0.15, -0.1) is 0 Å². The number of rotatable bonds is 5. The predicted molar refractivity (Wildman–Crippen MR) is 85.8 cm³/mol. The van der Waals surface area contributed by atoms with Gasteiger partial charge in [-0.1, -0.05) is 46.3 Å². The van der Waals surface area contributed by atoms with Crippen LogP contribution < -0.4 is 9.46 Å². The number of sulfonamides is 1. The van der Waals surface area contributed by atoms with E-state index in [4.69, 9.17) is 4.74 Å². The number of hydrogen-bond acceptors (Lipinski definition) is 4. The van der Waals surface area contributed by atoms with Gasteiger partial charge in [-0.25, -0.2) is 8.42 Å². The maximum Gasteiger partial charge on any atom is 0.245 e. The van der Waals surface area contributed by atoms with Crippen molar-refractivity contribution in [3.8, 4) is 11.8 Å². The van der Waals surface area contributed by atoms with Crippen LogP contribution in [0.15, 0.2) is 57.9 Å². The summed E-state index contributed by atoms with van der Waals surface area (Å²) in [5.74, 6) is 0.209. The molecule has 0 radical (unpaired) electrons. The van der Waals surface area contributed by atoms with E-state index in [0.717, 1.165) is 0 Å². The zero-order valence-corrected chi connectivity index (χ0v) is 14.1. The molecule has 0 aliphatic rings. The van der Waals surface area contributed by atoms with Crippen molar-refractivity contribution in [1.82, 2.24) is 4.72 Å². The SMILES string of the molecule is COc1ccc(Br)cc1S(=O)(=O)NC(C#N)c1ccccc1. The molecule has 0 aromatic heterocycles. The molecule has 7 heteroatoms. The van der Waals surface area contributed by atoms with E-state index in [-0.39, 0.29) is 10.6 Å². The van der Waals surface area contributed by atoms with E-state index in [9.17, 15) is 13.7 Å². The van der Waals surface area contributed by atoms with E-state index in [1.165, 1.54) is 13.2 Å². The summed E-state index contributed by atoms with van der Waals surface area (Å²) in [6.07, 6.45) is 0. The van der Waals surface area contributed by atoms with Crippen molar-refractivity contribution in [2.24, 2.45) is 0 Å². The molecule has 22 heavy (non-hydrogen) atoms. The summed E-state index contributed by atoms with van der Waals surface area (Å²) in [5, 5.41) is 9.25. The smallest absolute Gasteiger partial charge is 0.245 e. The van der Waals surface area contributed by atoms with Crippen molar-refractivity contribution in [2.45, 2.75) is 10.9 Å². The lowest BCUT2D eigenvalue weighted by molar-refractivity contribution is 0.402. The Balaban J connectivity index is 2.39. The van der Waals surface area contributed by atoms with Crippen LogP contribution in [0.4, 0.5) is 0 Å². The first-order valence-corrected chi connectivity index (χ1v) is 8.56. The second kappa shape index (κ2) is 6.92. The molecule has 0 amide bonds. The monoisotopic (exact) mass is 380 g/mol. The molecule has 0 aliphatic carbocycles. The van der Waals surface area contributed by atoms with Gasteiger partial charge in [-0.2, -0.15) is 9.98 Å². The summed E-state index contributed by atoms with van der Waals surface area (Å²) >= 11 is 3.23. The van der Waals surface area contributed by atoms with Crippen molar-refractivity contribution < 1.29 is 13.2 Å². The molecule has 0 aliphatic heterocycles. The Morgan fingerprint density at radius 1 is 1.23 bits per heavy atom. The maximum atomic E-state index is 12.5. The Kier molecular flexibility index (Phi) is 5.19. The van der Waals surface area contributed by atoms with E-state index in [1.807, 2.05) is 6.07 Å². The number of hydrogen-bond donors (Lipinski definition) is 1. The Labute approximate surface area is 137 Å². The first-order valence-electron chi connectivity index (χ1n) is 6.28. The highest BCUT2D eigenvalue weighted by Gasteiger charge is 2.24. The number of nitriles is 1. The minimum Gasteiger partial charge on any atom is -0.495 e. The third-order valence-corrected chi connectivity index (χ3v) is 4.89. The van der Waals surface area contributed by atoms with E-state index in [0.29, 0.717) is 10.0 Å². The predicted octanol–water partition coefficient (Wildman–Crippen LogP) is 3.00. The molecule has 0 spiro atoms. The lowest BCUT2D eigenvalue weighted by Gasteiger charge is -2.14. The zero-order chi connectivity index (χ0) is 16.2. The lowest BCUT2D eigenvalue weighted by Crippen LogP contribution is -2.28. The molecule has 0 saturated heterocycles. The van der Waals surface area contributed by atoms with Crippen LogP contribution in [0.25, 0.3) is 0 Å². The highest BCUT2D eigenvalue weighted by molar-refractivity contribution is 9.10. The molecule has 2 aromatic rings. The molecule has 1 N–H and O–H groups in total. The average Bonchev–Trinajstić information content (AvgIpc) is 2.53. The summed E-state index contributed by atoms with van der Waals surface area (Å²) < 4.78 is 33.2. The molecule has 0 bridgehead atoms. The first kappa shape index (κ1) is 16.5. The van der Waals surface area contributed by atoms with Gasteiger partial charge >= 0.3 is 0 Å². The number of benzene rings is 2. The molecule has 0 fully saturated rings. The van der Waals surface area contributed by atoms with Gasteiger partial charge in [0.2, 0.25) is 10.0 Å². The van der Waals surface area contributed by atoms with Crippen LogP contribution in [0.2, 0.25) is 0 Å².